The minimum absolute atomic E-state index is 0.224. The van der Waals surface area contributed by atoms with Crippen molar-refractivity contribution in [3.63, 3.8) is 0 Å². The summed E-state index contributed by atoms with van der Waals surface area (Å²) in [7, 11) is 1.86. The molecule has 0 heterocycles. The summed E-state index contributed by atoms with van der Waals surface area (Å²) in [5, 5.41) is 3.52. The Kier molecular flexibility index (Phi) is 6.32. The third kappa shape index (κ3) is 4.04. The van der Waals surface area contributed by atoms with Crippen molar-refractivity contribution in [1.29, 1.82) is 0 Å². The molecule has 3 nitrogen and oxygen atoms in total. The van der Waals surface area contributed by atoms with E-state index in [-0.39, 0.29) is 5.60 Å². The van der Waals surface area contributed by atoms with Gasteiger partial charge in [-0.05, 0) is 45.3 Å². The van der Waals surface area contributed by atoms with Crippen LogP contribution in [-0.2, 0) is 4.74 Å². The summed E-state index contributed by atoms with van der Waals surface area (Å²) in [6.07, 6.45) is 5.01. The Morgan fingerprint density at radius 2 is 1.88 bits per heavy atom. The first-order chi connectivity index (χ1) is 7.76. The second-order valence-electron chi connectivity index (χ2n) is 4.77. The van der Waals surface area contributed by atoms with Crippen molar-refractivity contribution in [2.24, 2.45) is 0 Å². The van der Waals surface area contributed by atoms with Gasteiger partial charge in [-0.3, -0.25) is 0 Å². The maximum atomic E-state index is 5.59. The van der Waals surface area contributed by atoms with Crippen LogP contribution in [0, 0.1) is 0 Å². The lowest BCUT2D eigenvalue weighted by Gasteiger charge is -2.40. The minimum atomic E-state index is 0.224. The Morgan fingerprint density at radius 3 is 2.31 bits per heavy atom. The van der Waals surface area contributed by atoms with Crippen LogP contribution in [0.5, 0.6) is 0 Å². The molecule has 96 valence electrons. The topological polar surface area (TPSA) is 24.5 Å². The van der Waals surface area contributed by atoms with E-state index in [1.165, 1.54) is 25.7 Å². The van der Waals surface area contributed by atoms with E-state index in [0.29, 0.717) is 0 Å². The molecule has 0 aromatic carbocycles. The second kappa shape index (κ2) is 7.25. The van der Waals surface area contributed by atoms with Crippen LogP contribution in [-0.4, -0.2) is 50.3 Å². The van der Waals surface area contributed by atoms with E-state index < -0.39 is 0 Å². The molecule has 3 heteroatoms. The molecule has 0 unspecified atom stereocenters. The molecule has 0 aliphatic heterocycles. The van der Waals surface area contributed by atoms with E-state index in [9.17, 15) is 0 Å². The predicted octanol–water partition coefficient (Wildman–Crippen LogP) is 1.88. The number of nitrogens with one attached hydrogen (secondary N) is 1. The van der Waals surface area contributed by atoms with Gasteiger partial charge in [-0.2, -0.15) is 0 Å². The lowest BCUT2D eigenvalue weighted by atomic mass is 9.77. The third-order valence-corrected chi connectivity index (χ3v) is 3.95. The summed E-state index contributed by atoms with van der Waals surface area (Å²) >= 11 is 0. The predicted molar refractivity (Wildman–Crippen MR) is 68.9 cm³/mol. The average Bonchev–Trinajstić information content (AvgIpc) is 2.26. The third-order valence-electron chi connectivity index (χ3n) is 3.95. The molecule has 1 aliphatic rings. The number of methoxy groups -OCH3 is 1. The molecule has 0 atom stereocenters. The number of likely N-dealkylation sites (N-methyl/N-ethyl adjacent to an activating group) is 1. The highest BCUT2D eigenvalue weighted by Gasteiger charge is 2.35. The average molecular weight is 228 g/mol. The van der Waals surface area contributed by atoms with Crippen molar-refractivity contribution in [3.05, 3.63) is 0 Å². The summed E-state index contributed by atoms with van der Waals surface area (Å²) in [6, 6.07) is 0. The van der Waals surface area contributed by atoms with E-state index in [1.54, 1.807) is 0 Å². The molecule has 0 spiro atoms. The van der Waals surface area contributed by atoms with Gasteiger partial charge in [-0.15, -0.1) is 0 Å². The maximum absolute atomic E-state index is 5.59. The highest BCUT2D eigenvalue weighted by molar-refractivity contribution is 4.89. The minimum Gasteiger partial charge on any atom is -0.378 e. The van der Waals surface area contributed by atoms with Crippen LogP contribution in [0.25, 0.3) is 0 Å². The first kappa shape index (κ1) is 13.9. The fraction of sp³-hybridized carbons (Fsp3) is 1.00. The molecular weight excluding hydrogens is 200 g/mol. The molecule has 0 saturated heterocycles. The molecule has 0 aromatic heterocycles. The molecule has 1 fully saturated rings. The van der Waals surface area contributed by atoms with Crippen LogP contribution in [0.15, 0.2) is 0 Å². The van der Waals surface area contributed by atoms with Crippen LogP contribution in [0.2, 0.25) is 0 Å². The summed E-state index contributed by atoms with van der Waals surface area (Å²) < 4.78 is 5.59. The monoisotopic (exact) mass is 228 g/mol. The van der Waals surface area contributed by atoms with Crippen molar-refractivity contribution in [2.45, 2.75) is 45.1 Å². The fourth-order valence-electron chi connectivity index (χ4n) is 2.35. The maximum Gasteiger partial charge on any atom is 0.0690 e. The van der Waals surface area contributed by atoms with E-state index in [4.69, 9.17) is 4.74 Å². The van der Waals surface area contributed by atoms with Crippen LogP contribution >= 0.6 is 0 Å². The summed E-state index contributed by atoms with van der Waals surface area (Å²) in [5.41, 5.74) is 0.224. The molecular formula is C13H28N2O. The van der Waals surface area contributed by atoms with Gasteiger partial charge in [-0.25, -0.2) is 0 Å². The first-order valence-corrected chi connectivity index (χ1v) is 6.74. The van der Waals surface area contributed by atoms with Crippen molar-refractivity contribution >= 4 is 0 Å². The number of hydrogen-bond donors (Lipinski definition) is 1. The zero-order chi connectivity index (χ0) is 11.9. The summed E-state index contributed by atoms with van der Waals surface area (Å²) in [4.78, 5) is 2.45. The molecule has 0 radical (unpaired) electrons. The van der Waals surface area contributed by atoms with Crippen LogP contribution in [0.1, 0.15) is 39.5 Å². The van der Waals surface area contributed by atoms with E-state index >= 15 is 0 Å². The zero-order valence-corrected chi connectivity index (χ0v) is 11.2. The Balaban J connectivity index is 1.99. The molecule has 1 saturated carbocycles. The molecule has 1 N–H and O–H groups in total. The van der Waals surface area contributed by atoms with Gasteiger partial charge in [0.05, 0.1) is 5.60 Å². The van der Waals surface area contributed by atoms with Gasteiger partial charge in [0.25, 0.3) is 0 Å². The molecule has 16 heavy (non-hydrogen) atoms. The van der Waals surface area contributed by atoms with Crippen molar-refractivity contribution in [1.82, 2.24) is 10.2 Å². The quantitative estimate of drug-likeness (QED) is 0.610. The SMILES string of the molecule is CCN(CC)CCNCCC1(OC)CCC1. The number of rotatable bonds is 9. The lowest BCUT2D eigenvalue weighted by Crippen LogP contribution is -2.42. The van der Waals surface area contributed by atoms with Gasteiger partial charge in [0.15, 0.2) is 0 Å². The molecule has 0 aromatic rings. The number of hydrogen-bond acceptors (Lipinski definition) is 3. The van der Waals surface area contributed by atoms with Crippen molar-refractivity contribution < 1.29 is 4.74 Å². The van der Waals surface area contributed by atoms with Crippen LogP contribution in [0.4, 0.5) is 0 Å². The molecule has 1 aliphatic carbocycles. The molecule has 1 rings (SSSR count). The lowest BCUT2D eigenvalue weighted by molar-refractivity contribution is -0.0767. The smallest absolute Gasteiger partial charge is 0.0690 e. The second-order valence-corrected chi connectivity index (χ2v) is 4.77. The van der Waals surface area contributed by atoms with Gasteiger partial charge in [-0.1, -0.05) is 13.8 Å². The van der Waals surface area contributed by atoms with E-state index in [1.807, 2.05) is 7.11 Å². The highest BCUT2D eigenvalue weighted by atomic mass is 16.5. The van der Waals surface area contributed by atoms with E-state index in [2.05, 4.69) is 24.1 Å². The Bertz CT molecular complexity index is 171. The van der Waals surface area contributed by atoms with Crippen LogP contribution < -0.4 is 5.32 Å². The highest BCUT2D eigenvalue weighted by Crippen LogP contribution is 2.37. The van der Waals surface area contributed by atoms with Gasteiger partial charge >= 0.3 is 0 Å². The first-order valence-electron chi connectivity index (χ1n) is 6.74. The van der Waals surface area contributed by atoms with Crippen molar-refractivity contribution in [3.8, 4) is 0 Å². The summed E-state index contributed by atoms with van der Waals surface area (Å²) in [5.74, 6) is 0. The van der Waals surface area contributed by atoms with Gasteiger partial charge in [0, 0.05) is 20.2 Å². The van der Waals surface area contributed by atoms with Gasteiger partial charge in [0.1, 0.15) is 0 Å². The fourth-order valence-corrected chi connectivity index (χ4v) is 2.35. The van der Waals surface area contributed by atoms with Gasteiger partial charge in [0.2, 0.25) is 0 Å². The van der Waals surface area contributed by atoms with Crippen molar-refractivity contribution in [2.75, 3.05) is 39.8 Å². The van der Waals surface area contributed by atoms with E-state index in [0.717, 1.165) is 32.7 Å². The Labute approximate surface area is 101 Å². The zero-order valence-electron chi connectivity index (χ0n) is 11.2. The molecule has 0 bridgehead atoms. The largest absolute Gasteiger partial charge is 0.378 e. The van der Waals surface area contributed by atoms with Gasteiger partial charge < -0.3 is 15.0 Å². The normalized spacial score (nSPS) is 18.8. The standard InChI is InChI=1S/C13H28N2O/c1-4-15(5-2)12-11-14-10-9-13(16-3)7-6-8-13/h14H,4-12H2,1-3H3. The summed E-state index contributed by atoms with van der Waals surface area (Å²) in [6.45, 7) is 10.1. The number of nitrogens with zero attached hydrogens (tertiary/aromatic N) is 1. The Morgan fingerprint density at radius 1 is 1.19 bits per heavy atom. The Hall–Kier alpha value is -0.120. The molecule has 0 amide bonds. The number of ether oxygens (including phenoxy) is 1. The van der Waals surface area contributed by atoms with Crippen LogP contribution in [0.3, 0.4) is 0 Å².